The fraction of sp³-hybridized carbons (Fsp3) is 0.414. The van der Waals surface area contributed by atoms with Gasteiger partial charge in [-0.25, -0.2) is 0 Å². The summed E-state index contributed by atoms with van der Waals surface area (Å²) >= 11 is 9.80. The molecule has 4 amide bonds. The van der Waals surface area contributed by atoms with Crippen LogP contribution in [0.1, 0.15) is 0 Å². The van der Waals surface area contributed by atoms with Gasteiger partial charge in [0.05, 0.1) is 6.54 Å². The van der Waals surface area contributed by atoms with Crippen LogP contribution < -0.4 is 20.1 Å². The lowest BCUT2D eigenvalue weighted by atomic mass is 10.0. The number of fused-ring (bicyclic) bond motifs is 2. The highest BCUT2D eigenvalue weighted by Gasteiger charge is 2.60. The minimum atomic E-state index is -1.17. The summed E-state index contributed by atoms with van der Waals surface area (Å²) in [7, 11) is 0. The Kier molecular flexibility index (Phi) is 9.28. The molecule has 238 valence electrons. The number of alkyl halides is 2. The van der Waals surface area contributed by atoms with E-state index in [1.807, 2.05) is 12.1 Å². The number of thioether (sulfide) groups is 2. The van der Waals surface area contributed by atoms with E-state index < -0.39 is 38.7 Å². The number of carbonyl (C=O) groups excluding carboxylic acids is 5. The molecule has 2 N–H and O–H groups in total. The molecular formula is C29H28Br2N4O8S2. The molecule has 12 nitrogen and oxygen atoms in total. The number of rotatable bonds is 10. The fourth-order valence-corrected chi connectivity index (χ4v) is 9.51. The highest BCUT2D eigenvalue weighted by atomic mass is 79.9. The first-order valence-electron chi connectivity index (χ1n) is 14.0. The van der Waals surface area contributed by atoms with E-state index in [-0.39, 0.29) is 48.9 Å². The minimum absolute atomic E-state index is 0.0653. The lowest BCUT2D eigenvalue weighted by Crippen LogP contribution is -2.75. The van der Waals surface area contributed by atoms with E-state index in [2.05, 4.69) is 42.5 Å². The summed E-state index contributed by atoms with van der Waals surface area (Å²) in [4.78, 5) is 67.1. The van der Waals surface area contributed by atoms with Crippen molar-refractivity contribution in [3.05, 3.63) is 60.7 Å². The molecule has 0 aromatic heterocycles. The van der Waals surface area contributed by atoms with Gasteiger partial charge in [-0.05, 0) is 40.2 Å². The number of benzene rings is 2. The van der Waals surface area contributed by atoms with E-state index in [0.29, 0.717) is 23.0 Å². The van der Waals surface area contributed by atoms with Gasteiger partial charge in [-0.3, -0.25) is 24.0 Å². The zero-order chi connectivity index (χ0) is 31.8. The summed E-state index contributed by atoms with van der Waals surface area (Å²) in [5.74, 6) is -0.228. The van der Waals surface area contributed by atoms with Crippen LogP contribution in [0.15, 0.2) is 60.7 Å². The Morgan fingerprint density at radius 2 is 1.22 bits per heavy atom. The van der Waals surface area contributed by atoms with Gasteiger partial charge in [-0.1, -0.05) is 52.3 Å². The Labute approximate surface area is 283 Å². The quantitative estimate of drug-likeness (QED) is 0.208. The average Bonchev–Trinajstić information content (AvgIpc) is 3.05. The average molecular weight is 785 g/mol. The van der Waals surface area contributed by atoms with Crippen LogP contribution in [0.2, 0.25) is 0 Å². The number of nitrogens with one attached hydrogen (secondary N) is 2. The van der Waals surface area contributed by atoms with E-state index in [4.69, 9.17) is 14.2 Å². The summed E-state index contributed by atoms with van der Waals surface area (Å²) in [6.07, 6.45) is 0. The second kappa shape index (κ2) is 13.0. The molecule has 4 saturated heterocycles. The Hall–Kier alpha value is -2.95. The third-order valence-electron chi connectivity index (χ3n) is 7.56. The van der Waals surface area contributed by atoms with Gasteiger partial charge in [0.2, 0.25) is 11.8 Å². The third-order valence-corrected chi connectivity index (χ3v) is 12.9. The van der Waals surface area contributed by atoms with Crippen LogP contribution in [0.25, 0.3) is 0 Å². The first-order chi connectivity index (χ1) is 21.6. The smallest absolute Gasteiger partial charge is 0.327 e. The number of carbonyl (C=O) groups is 5. The molecule has 4 aliphatic heterocycles. The summed E-state index contributed by atoms with van der Waals surface area (Å²) in [6, 6.07) is 16.4. The predicted octanol–water partition coefficient (Wildman–Crippen LogP) is 1.71. The molecule has 2 aromatic rings. The van der Waals surface area contributed by atoms with Crippen molar-refractivity contribution in [1.29, 1.82) is 0 Å². The lowest BCUT2D eigenvalue weighted by Gasteiger charge is -2.54. The van der Waals surface area contributed by atoms with Crippen molar-refractivity contribution < 1.29 is 38.2 Å². The normalized spacial score (nSPS) is 30.1. The van der Waals surface area contributed by atoms with Gasteiger partial charge in [-0.15, -0.1) is 23.5 Å². The molecule has 4 unspecified atom stereocenters. The number of nitrogens with zero attached hydrogens (tertiary/aromatic N) is 2. The number of halogens is 2. The molecule has 45 heavy (non-hydrogen) atoms. The molecule has 0 aliphatic carbocycles. The van der Waals surface area contributed by atoms with Crippen LogP contribution in [0.5, 0.6) is 11.5 Å². The van der Waals surface area contributed by atoms with Crippen molar-refractivity contribution >= 4 is 85.0 Å². The number of amides is 4. The van der Waals surface area contributed by atoms with Crippen molar-refractivity contribution in [3.8, 4) is 11.5 Å². The van der Waals surface area contributed by atoms with E-state index in [0.717, 1.165) is 0 Å². The van der Waals surface area contributed by atoms with Crippen molar-refractivity contribution in [2.24, 2.45) is 0 Å². The zero-order valence-corrected chi connectivity index (χ0v) is 28.4. The summed E-state index contributed by atoms with van der Waals surface area (Å²) in [6.45, 7) is -0.271. The van der Waals surface area contributed by atoms with E-state index in [9.17, 15) is 24.0 Å². The molecule has 16 heteroatoms. The monoisotopic (exact) mass is 782 g/mol. The molecule has 0 radical (unpaired) electrons. The van der Waals surface area contributed by atoms with Gasteiger partial charge in [-0.2, -0.15) is 0 Å². The molecule has 4 aliphatic rings. The molecule has 6 atom stereocenters. The number of β-lactam (4-membered cyclic amide) rings is 2. The maximum atomic E-state index is 13.4. The van der Waals surface area contributed by atoms with Crippen LogP contribution in [0, 0.1) is 0 Å². The van der Waals surface area contributed by atoms with Crippen molar-refractivity contribution in [2.75, 3.05) is 37.8 Å². The highest BCUT2D eigenvalue weighted by Crippen LogP contribution is 2.46. The van der Waals surface area contributed by atoms with Crippen LogP contribution in [-0.4, -0.2) is 109 Å². The molecule has 2 aromatic carbocycles. The molecule has 4 heterocycles. The Morgan fingerprint density at radius 3 is 1.73 bits per heavy atom. The van der Waals surface area contributed by atoms with Gasteiger partial charge in [0.25, 0.3) is 11.8 Å². The molecule has 4 fully saturated rings. The van der Waals surface area contributed by atoms with Crippen LogP contribution in [-0.2, 0) is 28.7 Å². The van der Waals surface area contributed by atoms with E-state index in [1.165, 1.54) is 28.4 Å². The van der Waals surface area contributed by atoms with Gasteiger partial charge in [0.1, 0.15) is 38.7 Å². The van der Waals surface area contributed by atoms with Gasteiger partial charge >= 0.3 is 5.97 Å². The topological polar surface area (TPSA) is 144 Å². The van der Waals surface area contributed by atoms with Gasteiger partial charge < -0.3 is 34.6 Å². The number of esters is 1. The van der Waals surface area contributed by atoms with E-state index in [1.54, 1.807) is 53.4 Å². The largest absolute Gasteiger partial charge is 0.484 e. The maximum Gasteiger partial charge on any atom is 0.327 e. The minimum Gasteiger partial charge on any atom is -0.484 e. The zero-order valence-electron chi connectivity index (χ0n) is 23.6. The number of hydrogen-bond donors (Lipinski definition) is 2. The Bertz CT molecular complexity index is 1490. The van der Waals surface area contributed by atoms with Gasteiger partial charge in [0.15, 0.2) is 17.7 Å². The summed E-state index contributed by atoms with van der Waals surface area (Å²) < 4.78 is 14.5. The molecule has 0 saturated carbocycles. The fourth-order valence-electron chi connectivity index (χ4n) is 5.27. The first-order valence-corrected chi connectivity index (χ1v) is 17.6. The molecular weight excluding hydrogens is 756 g/mol. The van der Waals surface area contributed by atoms with Crippen molar-refractivity contribution in [1.82, 2.24) is 20.4 Å². The molecule has 0 spiro atoms. The molecule has 6 rings (SSSR count). The van der Waals surface area contributed by atoms with Crippen LogP contribution in [0.4, 0.5) is 0 Å². The van der Waals surface area contributed by atoms with Crippen molar-refractivity contribution in [2.45, 2.75) is 31.7 Å². The van der Waals surface area contributed by atoms with E-state index >= 15 is 0 Å². The molecule has 0 bridgehead atoms. The number of para-hydroxylation sites is 2. The maximum absolute atomic E-state index is 13.4. The number of ether oxygens (including phenoxy) is 3. The second-order valence-corrected chi connectivity index (χ2v) is 16.0. The second-order valence-electron chi connectivity index (χ2n) is 10.9. The van der Waals surface area contributed by atoms with Gasteiger partial charge in [0, 0.05) is 18.1 Å². The SMILES string of the molecule is O=C(COc1ccccc1)NC1C(=O)N2CC(Br)(OC(=O)C3(Br)CS[C@@H]4C(NC(=O)COc5ccccc5)C(=O)N4C3)CS[C@H]12. The highest BCUT2D eigenvalue weighted by molar-refractivity contribution is 9.10. The third kappa shape index (κ3) is 6.79. The van der Waals surface area contributed by atoms with Crippen molar-refractivity contribution in [3.63, 3.8) is 0 Å². The van der Waals surface area contributed by atoms with Crippen LogP contribution >= 0.6 is 55.4 Å². The Morgan fingerprint density at radius 1 is 0.756 bits per heavy atom. The number of hydrogen-bond acceptors (Lipinski definition) is 10. The predicted molar refractivity (Wildman–Crippen MR) is 173 cm³/mol. The Balaban J connectivity index is 0.959. The standard InChI is InChI=1S/C29H28Br2N4O8S2/c30-28(13-34-23(38)21(25(34)44-15-28)32-19(36)11-41-17-7-3-1-4-8-17)27(40)43-29(31)14-35-24(39)22(26(35)45-16-29)33-20(37)12-42-18-9-5-2-6-10-18/h1-10,21-22,25-26H,11-16H2,(H,32,36)(H,33,37)/t21?,22?,25-,26-,28?,29?/m1/s1. The van der Waals surface area contributed by atoms with Crippen LogP contribution in [0.3, 0.4) is 0 Å². The first kappa shape index (κ1) is 32.0. The summed E-state index contributed by atoms with van der Waals surface area (Å²) in [5.41, 5.74) is 0. The summed E-state index contributed by atoms with van der Waals surface area (Å²) in [5, 5.41) is 4.84. The lowest BCUT2D eigenvalue weighted by molar-refractivity contribution is -0.163.